The lowest BCUT2D eigenvalue weighted by molar-refractivity contribution is 0.475. The molecule has 0 saturated heterocycles. The number of nitrogens with one attached hydrogen (secondary N) is 1. The normalized spacial score (nSPS) is 10.7. The number of nitrogens with zero attached hydrogens (tertiary/aromatic N) is 6. The molecular formula is C18H14ClN7OS2. The zero-order valence-electron chi connectivity index (χ0n) is 14.9. The number of phenols is 1. The third-order valence-corrected chi connectivity index (χ3v) is 5.61. The first kappa shape index (κ1) is 19.4. The van der Waals surface area contributed by atoms with Crippen molar-refractivity contribution < 1.29 is 5.11 Å². The number of anilines is 1. The molecule has 0 radical (unpaired) electrons. The van der Waals surface area contributed by atoms with Gasteiger partial charge in [0.2, 0.25) is 0 Å². The standard InChI is InChI=1S/C13H12N4OS.C5H2ClN3S/c18-10-3-1-9(2-4-10)5-6-14-12-11-13(16-7-15-12)19-8-17-11;6-4-3-5(8-1-7-4)10-2-9-3/h1-4,7-8,18H,5-6H2,(H,14,15,16);1-2H. The van der Waals surface area contributed by atoms with Crippen molar-refractivity contribution in [3.8, 4) is 5.75 Å². The highest BCUT2D eigenvalue weighted by Gasteiger charge is 2.05. The average Bonchev–Trinajstić information content (AvgIpc) is 3.40. The predicted molar refractivity (Wildman–Crippen MR) is 116 cm³/mol. The topological polar surface area (TPSA) is 110 Å². The highest BCUT2D eigenvalue weighted by atomic mass is 35.5. The van der Waals surface area contributed by atoms with E-state index in [2.05, 4.69) is 35.2 Å². The SMILES string of the molecule is Clc1ncnc2scnc12.Oc1ccc(CCNc2ncnc3scnc23)cc1. The Morgan fingerprint density at radius 3 is 2.21 bits per heavy atom. The van der Waals surface area contributed by atoms with Gasteiger partial charge >= 0.3 is 0 Å². The fourth-order valence-corrected chi connectivity index (χ4v) is 3.97. The van der Waals surface area contributed by atoms with Gasteiger partial charge in [-0.05, 0) is 24.1 Å². The molecule has 29 heavy (non-hydrogen) atoms. The molecule has 146 valence electrons. The van der Waals surface area contributed by atoms with Crippen molar-refractivity contribution in [3.05, 3.63) is 58.7 Å². The summed E-state index contributed by atoms with van der Waals surface area (Å²) in [7, 11) is 0. The van der Waals surface area contributed by atoms with Crippen LogP contribution in [-0.2, 0) is 6.42 Å². The van der Waals surface area contributed by atoms with Gasteiger partial charge in [0.1, 0.15) is 39.1 Å². The fraction of sp³-hybridized carbons (Fsp3) is 0.111. The fourth-order valence-electron chi connectivity index (χ4n) is 2.48. The first-order valence-electron chi connectivity index (χ1n) is 8.46. The summed E-state index contributed by atoms with van der Waals surface area (Å²) >= 11 is 8.65. The van der Waals surface area contributed by atoms with E-state index in [9.17, 15) is 5.11 Å². The van der Waals surface area contributed by atoms with Gasteiger partial charge in [0.15, 0.2) is 11.0 Å². The predicted octanol–water partition coefficient (Wildman–Crippen LogP) is 4.19. The third-order valence-electron chi connectivity index (χ3n) is 3.87. The van der Waals surface area contributed by atoms with Crippen LogP contribution >= 0.6 is 34.3 Å². The van der Waals surface area contributed by atoms with Crippen LogP contribution in [0.15, 0.2) is 47.9 Å². The lowest BCUT2D eigenvalue weighted by Crippen LogP contribution is -2.06. The summed E-state index contributed by atoms with van der Waals surface area (Å²) in [6, 6.07) is 7.21. The molecule has 0 aliphatic heterocycles. The number of fused-ring (bicyclic) bond motifs is 2. The minimum Gasteiger partial charge on any atom is -0.508 e. The van der Waals surface area contributed by atoms with E-state index in [1.54, 1.807) is 29.5 Å². The number of hydrogen-bond acceptors (Lipinski definition) is 10. The molecule has 0 aliphatic carbocycles. The van der Waals surface area contributed by atoms with Crippen molar-refractivity contribution in [2.45, 2.75) is 6.42 Å². The second kappa shape index (κ2) is 9.03. The largest absolute Gasteiger partial charge is 0.508 e. The van der Waals surface area contributed by atoms with E-state index in [0.717, 1.165) is 39.5 Å². The van der Waals surface area contributed by atoms with E-state index in [0.29, 0.717) is 10.7 Å². The molecule has 0 fully saturated rings. The summed E-state index contributed by atoms with van der Waals surface area (Å²) in [5.41, 5.74) is 6.14. The summed E-state index contributed by atoms with van der Waals surface area (Å²) in [4.78, 5) is 26.1. The maximum absolute atomic E-state index is 9.22. The number of benzene rings is 1. The van der Waals surface area contributed by atoms with Gasteiger partial charge in [0.25, 0.3) is 0 Å². The molecule has 0 aliphatic rings. The Morgan fingerprint density at radius 1 is 0.828 bits per heavy atom. The minimum atomic E-state index is 0.289. The Hall–Kier alpha value is -2.95. The van der Waals surface area contributed by atoms with Gasteiger partial charge in [-0.1, -0.05) is 23.7 Å². The van der Waals surface area contributed by atoms with E-state index in [1.807, 2.05) is 12.1 Å². The molecule has 1 aromatic carbocycles. The van der Waals surface area contributed by atoms with Crippen LogP contribution in [0.25, 0.3) is 20.7 Å². The first-order chi connectivity index (χ1) is 14.2. The highest BCUT2D eigenvalue weighted by molar-refractivity contribution is 7.16. The Morgan fingerprint density at radius 2 is 1.48 bits per heavy atom. The van der Waals surface area contributed by atoms with E-state index >= 15 is 0 Å². The summed E-state index contributed by atoms with van der Waals surface area (Å²) in [6.07, 6.45) is 3.84. The van der Waals surface area contributed by atoms with E-state index in [-0.39, 0.29) is 5.75 Å². The van der Waals surface area contributed by atoms with Crippen molar-refractivity contribution in [3.63, 3.8) is 0 Å². The van der Waals surface area contributed by atoms with Crippen LogP contribution in [0.4, 0.5) is 5.82 Å². The van der Waals surface area contributed by atoms with Gasteiger partial charge in [0.05, 0.1) is 11.0 Å². The van der Waals surface area contributed by atoms with Gasteiger partial charge in [-0.3, -0.25) is 0 Å². The zero-order valence-corrected chi connectivity index (χ0v) is 17.2. The Bertz CT molecular complexity index is 1230. The van der Waals surface area contributed by atoms with Crippen LogP contribution in [0.5, 0.6) is 5.75 Å². The van der Waals surface area contributed by atoms with Crippen LogP contribution < -0.4 is 5.32 Å². The third kappa shape index (κ3) is 4.73. The molecule has 0 unspecified atom stereocenters. The van der Waals surface area contributed by atoms with Crippen molar-refractivity contribution in [2.24, 2.45) is 0 Å². The van der Waals surface area contributed by atoms with Gasteiger partial charge in [0, 0.05) is 6.54 Å². The molecule has 0 spiro atoms. The number of aromatic nitrogens is 6. The van der Waals surface area contributed by atoms with Crippen LogP contribution in [-0.4, -0.2) is 41.6 Å². The molecule has 11 heteroatoms. The van der Waals surface area contributed by atoms with Crippen molar-refractivity contribution in [1.82, 2.24) is 29.9 Å². The Labute approximate surface area is 178 Å². The van der Waals surface area contributed by atoms with Crippen molar-refractivity contribution >= 4 is 60.8 Å². The average molecular weight is 444 g/mol. The van der Waals surface area contributed by atoms with Crippen LogP contribution in [0, 0.1) is 0 Å². The van der Waals surface area contributed by atoms with Gasteiger partial charge in [-0.2, -0.15) is 0 Å². The molecule has 0 atom stereocenters. The molecule has 5 rings (SSSR count). The number of rotatable bonds is 4. The smallest absolute Gasteiger partial charge is 0.159 e. The highest BCUT2D eigenvalue weighted by Crippen LogP contribution is 2.21. The molecule has 0 amide bonds. The lowest BCUT2D eigenvalue weighted by atomic mass is 10.1. The molecule has 4 heterocycles. The maximum atomic E-state index is 9.22. The molecule has 2 N–H and O–H groups in total. The number of hydrogen-bond donors (Lipinski definition) is 2. The number of thiazole rings is 2. The molecule has 5 aromatic rings. The molecule has 0 saturated carbocycles. The molecular weight excluding hydrogens is 430 g/mol. The van der Waals surface area contributed by atoms with E-state index in [1.165, 1.54) is 29.0 Å². The second-order valence-electron chi connectivity index (χ2n) is 5.74. The van der Waals surface area contributed by atoms with Crippen LogP contribution in [0.2, 0.25) is 5.15 Å². The first-order valence-corrected chi connectivity index (χ1v) is 10.6. The van der Waals surface area contributed by atoms with E-state index in [4.69, 9.17) is 11.6 Å². The van der Waals surface area contributed by atoms with Gasteiger partial charge in [-0.25, -0.2) is 29.9 Å². The molecule has 4 aromatic heterocycles. The van der Waals surface area contributed by atoms with Crippen molar-refractivity contribution in [2.75, 3.05) is 11.9 Å². The zero-order chi connectivity index (χ0) is 20.1. The quantitative estimate of drug-likeness (QED) is 0.398. The summed E-state index contributed by atoms with van der Waals surface area (Å²) < 4.78 is 0. The number of aromatic hydroxyl groups is 1. The van der Waals surface area contributed by atoms with Crippen molar-refractivity contribution in [1.29, 1.82) is 0 Å². The summed E-state index contributed by atoms with van der Waals surface area (Å²) in [5, 5.41) is 12.9. The van der Waals surface area contributed by atoms with Crippen LogP contribution in [0.1, 0.15) is 5.56 Å². The molecule has 8 nitrogen and oxygen atoms in total. The van der Waals surface area contributed by atoms with Gasteiger partial charge in [-0.15, -0.1) is 22.7 Å². The number of phenolic OH excluding ortho intramolecular Hbond substituents is 1. The minimum absolute atomic E-state index is 0.289. The van der Waals surface area contributed by atoms with Gasteiger partial charge < -0.3 is 10.4 Å². The maximum Gasteiger partial charge on any atom is 0.159 e. The summed E-state index contributed by atoms with van der Waals surface area (Å²) in [5.74, 6) is 1.06. The van der Waals surface area contributed by atoms with Crippen LogP contribution in [0.3, 0.4) is 0 Å². The number of halogens is 1. The Kier molecular flexibility index (Phi) is 6.03. The summed E-state index contributed by atoms with van der Waals surface area (Å²) in [6.45, 7) is 0.758. The second-order valence-corrected chi connectivity index (χ2v) is 7.77. The molecule has 0 bridgehead atoms. The monoisotopic (exact) mass is 443 g/mol. The van der Waals surface area contributed by atoms with E-state index < -0.39 is 0 Å². The lowest BCUT2D eigenvalue weighted by Gasteiger charge is -2.05. The Balaban J connectivity index is 0.000000171.